The number of carbonyl (C=O) groups is 1. The molecule has 1 rings (SSSR count). The first kappa shape index (κ1) is 13.7. The van der Waals surface area contributed by atoms with E-state index in [1.807, 2.05) is 45.0 Å². The lowest BCUT2D eigenvalue weighted by molar-refractivity contribution is -0.154. The van der Waals surface area contributed by atoms with E-state index in [2.05, 4.69) is 31.9 Å². The molecule has 0 heterocycles. The molecule has 0 bridgehead atoms. The summed E-state index contributed by atoms with van der Waals surface area (Å²) in [6, 6.07) is 7.56. The average molecular weight is 350 g/mol. The Hall–Kier alpha value is -0.350. The number of alkyl halides is 1. The molecule has 4 heteroatoms. The first-order valence-electron chi connectivity index (χ1n) is 4.92. The van der Waals surface area contributed by atoms with E-state index in [1.165, 1.54) is 0 Å². The standard InChI is InChI=1S/C12H14Br2O2/c1-12(2,3)16-11(15)10(14)8-4-6-9(13)7-5-8/h4-7,10H,1-3H3. The number of benzene rings is 1. The van der Waals surface area contributed by atoms with Crippen LogP contribution >= 0.6 is 31.9 Å². The Morgan fingerprint density at radius 1 is 1.25 bits per heavy atom. The van der Waals surface area contributed by atoms with Crippen molar-refractivity contribution in [1.82, 2.24) is 0 Å². The maximum Gasteiger partial charge on any atom is 0.324 e. The van der Waals surface area contributed by atoms with Crippen LogP contribution < -0.4 is 0 Å². The minimum atomic E-state index is -0.460. The lowest BCUT2D eigenvalue weighted by Gasteiger charge is -2.21. The van der Waals surface area contributed by atoms with Crippen LogP contribution in [0.25, 0.3) is 0 Å². The van der Waals surface area contributed by atoms with Crippen LogP contribution in [0.3, 0.4) is 0 Å². The highest BCUT2D eigenvalue weighted by Gasteiger charge is 2.24. The van der Waals surface area contributed by atoms with E-state index >= 15 is 0 Å². The van der Waals surface area contributed by atoms with Gasteiger partial charge >= 0.3 is 5.97 Å². The van der Waals surface area contributed by atoms with Gasteiger partial charge in [0.15, 0.2) is 0 Å². The Balaban J connectivity index is 2.74. The zero-order valence-electron chi connectivity index (χ0n) is 9.46. The molecule has 0 fully saturated rings. The van der Waals surface area contributed by atoms with Crippen LogP contribution in [0.4, 0.5) is 0 Å². The van der Waals surface area contributed by atoms with Gasteiger partial charge in [0.05, 0.1) is 0 Å². The Labute approximate surface area is 113 Å². The van der Waals surface area contributed by atoms with E-state index in [9.17, 15) is 4.79 Å². The monoisotopic (exact) mass is 348 g/mol. The van der Waals surface area contributed by atoms with Crippen molar-refractivity contribution in [2.45, 2.75) is 31.2 Å². The molecule has 0 amide bonds. The number of hydrogen-bond acceptors (Lipinski definition) is 2. The van der Waals surface area contributed by atoms with Crippen LogP contribution in [0.2, 0.25) is 0 Å². The molecule has 1 aromatic rings. The lowest BCUT2D eigenvalue weighted by atomic mass is 10.1. The summed E-state index contributed by atoms with van der Waals surface area (Å²) in [7, 11) is 0. The summed E-state index contributed by atoms with van der Waals surface area (Å²) in [5.41, 5.74) is 0.427. The second-order valence-electron chi connectivity index (χ2n) is 4.45. The predicted octanol–water partition coefficient (Wildman–Crippen LogP) is 4.23. The fourth-order valence-electron chi connectivity index (χ4n) is 1.12. The van der Waals surface area contributed by atoms with E-state index in [-0.39, 0.29) is 5.97 Å². The third-order valence-electron chi connectivity index (χ3n) is 1.78. The summed E-state index contributed by atoms with van der Waals surface area (Å²) in [6.07, 6.45) is 0. The van der Waals surface area contributed by atoms with Crippen molar-refractivity contribution >= 4 is 37.8 Å². The molecule has 0 aliphatic carbocycles. The van der Waals surface area contributed by atoms with Crippen molar-refractivity contribution in [3.05, 3.63) is 34.3 Å². The van der Waals surface area contributed by atoms with Crippen LogP contribution in [0.1, 0.15) is 31.2 Å². The minimum absolute atomic E-state index is 0.269. The smallest absolute Gasteiger partial charge is 0.324 e. The van der Waals surface area contributed by atoms with Crippen LogP contribution in [0.15, 0.2) is 28.7 Å². The quantitative estimate of drug-likeness (QED) is 0.590. The van der Waals surface area contributed by atoms with Crippen molar-refractivity contribution < 1.29 is 9.53 Å². The molecule has 0 radical (unpaired) electrons. The lowest BCUT2D eigenvalue weighted by Crippen LogP contribution is -2.25. The molecule has 0 N–H and O–H groups in total. The van der Waals surface area contributed by atoms with Gasteiger partial charge in [-0.3, -0.25) is 4.79 Å². The first-order chi connectivity index (χ1) is 7.29. The van der Waals surface area contributed by atoms with Gasteiger partial charge in [-0.25, -0.2) is 0 Å². The molecule has 2 nitrogen and oxygen atoms in total. The number of ether oxygens (including phenoxy) is 1. The van der Waals surface area contributed by atoms with Gasteiger partial charge in [0.2, 0.25) is 0 Å². The Morgan fingerprint density at radius 3 is 2.19 bits per heavy atom. The van der Waals surface area contributed by atoms with Gasteiger partial charge in [0.25, 0.3) is 0 Å². The predicted molar refractivity (Wildman–Crippen MR) is 71.7 cm³/mol. The number of hydrogen-bond donors (Lipinski definition) is 0. The molecule has 0 spiro atoms. The number of halogens is 2. The molecular formula is C12H14Br2O2. The summed E-state index contributed by atoms with van der Waals surface area (Å²) in [6.45, 7) is 5.56. The first-order valence-corrected chi connectivity index (χ1v) is 6.63. The Kier molecular flexibility index (Phi) is 4.56. The molecule has 88 valence electrons. The highest BCUT2D eigenvalue weighted by molar-refractivity contribution is 9.10. The largest absolute Gasteiger partial charge is 0.459 e. The van der Waals surface area contributed by atoms with Crippen molar-refractivity contribution in [1.29, 1.82) is 0 Å². The van der Waals surface area contributed by atoms with Crippen LogP contribution in [0, 0.1) is 0 Å². The summed E-state index contributed by atoms with van der Waals surface area (Å²) in [5, 5.41) is 0. The highest BCUT2D eigenvalue weighted by atomic mass is 79.9. The van der Waals surface area contributed by atoms with E-state index in [4.69, 9.17) is 4.74 Å². The second kappa shape index (κ2) is 5.32. The van der Waals surface area contributed by atoms with Crippen molar-refractivity contribution in [2.24, 2.45) is 0 Å². The third kappa shape index (κ3) is 4.26. The van der Waals surface area contributed by atoms with E-state index < -0.39 is 10.4 Å². The molecule has 0 saturated heterocycles. The minimum Gasteiger partial charge on any atom is -0.459 e. The molecule has 0 aromatic heterocycles. The Bertz CT molecular complexity index is 366. The summed E-state index contributed by atoms with van der Waals surface area (Å²) in [5.74, 6) is -0.269. The topological polar surface area (TPSA) is 26.3 Å². The van der Waals surface area contributed by atoms with E-state index in [0.29, 0.717) is 0 Å². The molecule has 0 aliphatic rings. The van der Waals surface area contributed by atoms with Gasteiger partial charge in [0.1, 0.15) is 10.4 Å². The highest BCUT2D eigenvalue weighted by Crippen LogP contribution is 2.27. The van der Waals surface area contributed by atoms with Crippen molar-refractivity contribution in [3.63, 3.8) is 0 Å². The number of esters is 1. The molecule has 0 aliphatic heterocycles. The molecule has 1 atom stereocenters. The third-order valence-corrected chi connectivity index (χ3v) is 3.21. The number of rotatable bonds is 2. The van der Waals surface area contributed by atoms with Gasteiger partial charge < -0.3 is 4.74 Å². The van der Waals surface area contributed by atoms with Gasteiger partial charge in [0, 0.05) is 4.47 Å². The second-order valence-corrected chi connectivity index (χ2v) is 6.28. The van der Waals surface area contributed by atoms with E-state index in [1.54, 1.807) is 0 Å². The SMILES string of the molecule is CC(C)(C)OC(=O)C(Br)c1ccc(Br)cc1. The summed E-state index contributed by atoms with van der Waals surface area (Å²) < 4.78 is 6.27. The fourth-order valence-corrected chi connectivity index (χ4v) is 1.78. The number of carbonyl (C=O) groups excluding carboxylic acids is 1. The summed E-state index contributed by atoms with van der Waals surface area (Å²) in [4.78, 5) is 11.3. The van der Waals surface area contributed by atoms with Crippen LogP contribution in [-0.4, -0.2) is 11.6 Å². The van der Waals surface area contributed by atoms with Crippen molar-refractivity contribution in [2.75, 3.05) is 0 Å². The zero-order chi connectivity index (χ0) is 12.3. The average Bonchev–Trinajstić information content (AvgIpc) is 2.15. The summed E-state index contributed by atoms with van der Waals surface area (Å²) >= 11 is 6.69. The molecular weight excluding hydrogens is 336 g/mol. The molecule has 1 aromatic carbocycles. The van der Waals surface area contributed by atoms with Crippen LogP contribution in [-0.2, 0) is 9.53 Å². The molecule has 16 heavy (non-hydrogen) atoms. The van der Waals surface area contributed by atoms with Gasteiger partial charge in [-0.15, -0.1) is 0 Å². The maximum atomic E-state index is 11.8. The van der Waals surface area contributed by atoms with Gasteiger partial charge in [-0.2, -0.15) is 0 Å². The van der Waals surface area contributed by atoms with Crippen LogP contribution in [0.5, 0.6) is 0 Å². The zero-order valence-corrected chi connectivity index (χ0v) is 12.6. The van der Waals surface area contributed by atoms with Crippen molar-refractivity contribution in [3.8, 4) is 0 Å². The fraction of sp³-hybridized carbons (Fsp3) is 0.417. The van der Waals surface area contributed by atoms with Gasteiger partial charge in [-0.05, 0) is 38.5 Å². The maximum absolute atomic E-state index is 11.8. The van der Waals surface area contributed by atoms with E-state index in [0.717, 1.165) is 10.0 Å². The van der Waals surface area contributed by atoms with Gasteiger partial charge in [-0.1, -0.05) is 44.0 Å². The normalized spacial score (nSPS) is 13.3. The molecule has 0 saturated carbocycles. The Morgan fingerprint density at radius 2 is 1.75 bits per heavy atom. The molecule has 1 unspecified atom stereocenters.